The minimum absolute atomic E-state index is 0.151. The number of rotatable bonds is 5. The summed E-state index contributed by atoms with van der Waals surface area (Å²) in [4.78, 5) is 22.0. The second-order valence-electron chi connectivity index (χ2n) is 6.27. The zero-order valence-electron chi connectivity index (χ0n) is 14.8. The van der Waals surface area contributed by atoms with Gasteiger partial charge < -0.3 is 15.7 Å². The molecular weight excluding hydrogens is 412 g/mol. The number of hydrogen-bond donors (Lipinski definition) is 3. The number of aromatic nitrogens is 2. The van der Waals surface area contributed by atoms with Crippen LogP contribution in [0.1, 0.15) is 11.8 Å². The SMILES string of the molecule is CC(O)CNc1ncnc2ccc(-c3csc(C=C4SC(=S)NC4=O)c3)cc12. The van der Waals surface area contributed by atoms with Gasteiger partial charge in [0, 0.05) is 16.8 Å². The van der Waals surface area contributed by atoms with Gasteiger partial charge in [0.25, 0.3) is 5.91 Å². The van der Waals surface area contributed by atoms with E-state index < -0.39 is 6.10 Å². The third-order valence-electron chi connectivity index (χ3n) is 4.07. The van der Waals surface area contributed by atoms with Gasteiger partial charge in [-0.1, -0.05) is 30.0 Å². The largest absolute Gasteiger partial charge is 0.392 e. The molecule has 0 aliphatic carbocycles. The highest BCUT2D eigenvalue weighted by atomic mass is 32.2. The van der Waals surface area contributed by atoms with Crippen molar-refractivity contribution in [3.05, 3.63) is 45.8 Å². The molecule has 4 rings (SSSR count). The van der Waals surface area contributed by atoms with Gasteiger partial charge in [-0.3, -0.25) is 4.79 Å². The minimum atomic E-state index is -0.473. The summed E-state index contributed by atoms with van der Waals surface area (Å²) >= 11 is 7.87. The van der Waals surface area contributed by atoms with E-state index in [2.05, 4.69) is 26.0 Å². The van der Waals surface area contributed by atoms with Crippen LogP contribution in [-0.4, -0.2) is 38.0 Å². The highest BCUT2D eigenvalue weighted by Gasteiger charge is 2.22. The number of hydrogen-bond acceptors (Lipinski definition) is 8. The maximum Gasteiger partial charge on any atom is 0.263 e. The predicted octanol–water partition coefficient (Wildman–Crippen LogP) is 3.64. The Balaban J connectivity index is 1.65. The zero-order chi connectivity index (χ0) is 19.7. The van der Waals surface area contributed by atoms with E-state index in [1.165, 1.54) is 18.1 Å². The molecule has 3 N–H and O–H groups in total. The molecule has 3 aromatic rings. The molecule has 1 amide bonds. The molecule has 1 atom stereocenters. The lowest BCUT2D eigenvalue weighted by atomic mass is 10.1. The van der Waals surface area contributed by atoms with Crippen LogP contribution in [-0.2, 0) is 4.79 Å². The van der Waals surface area contributed by atoms with Crippen molar-refractivity contribution in [1.29, 1.82) is 0 Å². The molecule has 0 spiro atoms. The van der Waals surface area contributed by atoms with Crippen molar-refractivity contribution in [3.63, 3.8) is 0 Å². The number of aliphatic hydroxyl groups excluding tert-OH is 1. The summed E-state index contributed by atoms with van der Waals surface area (Å²) in [6.07, 6.45) is 2.89. The summed E-state index contributed by atoms with van der Waals surface area (Å²) in [7, 11) is 0. The van der Waals surface area contributed by atoms with Gasteiger partial charge in [-0.15, -0.1) is 11.3 Å². The molecule has 0 bridgehead atoms. The predicted molar refractivity (Wildman–Crippen MR) is 119 cm³/mol. The quantitative estimate of drug-likeness (QED) is 0.422. The Bertz CT molecular complexity index is 1110. The number of nitrogens with one attached hydrogen (secondary N) is 2. The highest BCUT2D eigenvalue weighted by molar-refractivity contribution is 8.26. The van der Waals surface area contributed by atoms with Crippen LogP contribution in [0.4, 0.5) is 5.82 Å². The van der Waals surface area contributed by atoms with Crippen LogP contribution in [0.2, 0.25) is 0 Å². The van der Waals surface area contributed by atoms with Crippen LogP contribution in [0.3, 0.4) is 0 Å². The van der Waals surface area contributed by atoms with E-state index in [1.807, 2.05) is 30.3 Å². The number of anilines is 1. The molecule has 28 heavy (non-hydrogen) atoms. The first kappa shape index (κ1) is 19.0. The number of thiophene rings is 1. The maximum atomic E-state index is 11.8. The highest BCUT2D eigenvalue weighted by Crippen LogP contribution is 2.33. The van der Waals surface area contributed by atoms with Crippen molar-refractivity contribution in [2.75, 3.05) is 11.9 Å². The summed E-state index contributed by atoms with van der Waals surface area (Å²) in [5, 5.41) is 18.3. The van der Waals surface area contributed by atoms with Crippen LogP contribution in [0.5, 0.6) is 0 Å². The van der Waals surface area contributed by atoms with Gasteiger partial charge in [0.15, 0.2) is 0 Å². The third-order valence-corrected chi connectivity index (χ3v) is 6.11. The summed E-state index contributed by atoms with van der Waals surface area (Å²) in [5.74, 6) is 0.541. The van der Waals surface area contributed by atoms with Gasteiger partial charge in [-0.25, -0.2) is 9.97 Å². The molecule has 2 aromatic heterocycles. The number of aliphatic hydroxyl groups is 1. The fraction of sp³-hybridized carbons (Fsp3) is 0.158. The zero-order valence-corrected chi connectivity index (χ0v) is 17.3. The van der Waals surface area contributed by atoms with Crippen molar-refractivity contribution in [1.82, 2.24) is 15.3 Å². The number of fused-ring (bicyclic) bond motifs is 1. The topological polar surface area (TPSA) is 87.1 Å². The second kappa shape index (κ2) is 7.96. The van der Waals surface area contributed by atoms with Gasteiger partial charge in [-0.2, -0.15) is 0 Å². The molecule has 1 aromatic carbocycles. The van der Waals surface area contributed by atoms with Gasteiger partial charge >= 0.3 is 0 Å². The van der Waals surface area contributed by atoms with Gasteiger partial charge in [0.2, 0.25) is 0 Å². The van der Waals surface area contributed by atoms with Crippen molar-refractivity contribution >= 4 is 68.3 Å². The lowest BCUT2D eigenvalue weighted by Gasteiger charge is -2.10. The normalized spacial score (nSPS) is 16.6. The fourth-order valence-electron chi connectivity index (χ4n) is 2.75. The number of amides is 1. The number of benzene rings is 1. The smallest absolute Gasteiger partial charge is 0.263 e. The van der Waals surface area contributed by atoms with Crippen molar-refractivity contribution in [3.8, 4) is 11.1 Å². The van der Waals surface area contributed by atoms with Crippen LogP contribution < -0.4 is 10.6 Å². The monoisotopic (exact) mass is 428 g/mol. The Hall–Kier alpha value is -2.33. The standard InChI is InChI=1S/C19H16N4O2S3/c1-10(24)7-20-17-14-5-11(2-3-15(14)21-9-22-17)12-4-13(27-8-12)6-16-18(25)23-19(26)28-16/h2-6,8-10,24H,7H2,1H3,(H,20,21,22)(H,23,25,26). The maximum absolute atomic E-state index is 11.8. The molecule has 1 fully saturated rings. The number of thioether (sulfide) groups is 1. The summed E-state index contributed by atoms with van der Waals surface area (Å²) in [6, 6.07) is 8.04. The molecular formula is C19H16N4O2S3. The van der Waals surface area contributed by atoms with E-state index in [0.717, 1.165) is 26.9 Å². The van der Waals surface area contributed by atoms with E-state index >= 15 is 0 Å². The Morgan fingerprint density at radius 1 is 1.32 bits per heavy atom. The van der Waals surface area contributed by atoms with E-state index in [0.29, 0.717) is 21.6 Å². The van der Waals surface area contributed by atoms with Crippen LogP contribution in [0, 0.1) is 0 Å². The molecule has 1 aliphatic heterocycles. The molecule has 6 nitrogen and oxygen atoms in total. The molecule has 1 aliphatic rings. The van der Waals surface area contributed by atoms with Crippen LogP contribution >= 0.6 is 35.3 Å². The number of nitrogens with zero attached hydrogens (tertiary/aromatic N) is 2. The molecule has 142 valence electrons. The first-order valence-corrected chi connectivity index (χ1v) is 10.6. The Kier molecular flexibility index (Phi) is 5.40. The van der Waals surface area contributed by atoms with Crippen molar-refractivity contribution in [2.45, 2.75) is 13.0 Å². The summed E-state index contributed by atoms with van der Waals surface area (Å²) in [5.41, 5.74) is 2.91. The minimum Gasteiger partial charge on any atom is -0.392 e. The lowest BCUT2D eigenvalue weighted by Crippen LogP contribution is -2.17. The summed E-state index contributed by atoms with van der Waals surface area (Å²) < 4.78 is 0.486. The van der Waals surface area contributed by atoms with Crippen LogP contribution in [0.15, 0.2) is 40.9 Å². The Morgan fingerprint density at radius 3 is 2.93 bits per heavy atom. The average molecular weight is 429 g/mol. The molecule has 3 heterocycles. The van der Waals surface area contributed by atoms with Crippen LogP contribution in [0.25, 0.3) is 28.1 Å². The van der Waals surface area contributed by atoms with Crippen molar-refractivity contribution < 1.29 is 9.90 Å². The summed E-state index contributed by atoms with van der Waals surface area (Å²) in [6.45, 7) is 2.13. The number of thiocarbonyl (C=S) groups is 1. The molecule has 0 saturated carbocycles. The number of carbonyl (C=O) groups excluding carboxylic acids is 1. The van der Waals surface area contributed by atoms with E-state index in [1.54, 1.807) is 18.3 Å². The molecule has 1 unspecified atom stereocenters. The van der Waals surface area contributed by atoms with Gasteiger partial charge in [0.05, 0.1) is 16.5 Å². The lowest BCUT2D eigenvalue weighted by molar-refractivity contribution is -0.115. The molecule has 1 saturated heterocycles. The molecule has 0 radical (unpaired) electrons. The van der Waals surface area contributed by atoms with E-state index in [-0.39, 0.29) is 5.91 Å². The Labute approximate surface area is 175 Å². The number of carbonyl (C=O) groups is 1. The van der Waals surface area contributed by atoms with Crippen molar-refractivity contribution in [2.24, 2.45) is 0 Å². The second-order valence-corrected chi connectivity index (χ2v) is 8.94. The first-order chi connectivity index (χ1) is 13.5. The van der Waals surface area contributed by atoms with E-state index in [9.17, 15) is 9.90 Å². The van der Waals surface area contributed by atoms with Gasteiger partial charge in [-0.05, 0) is 47.7 Å². The fourth-order valence-corrected chi connectivity index (χ4v) is 4.71. The third kappa shape index (κ3) is 4.07. The van der Waals surface area contributed by atoms with Gasteiger partial charge in [0.1, 0.15) is 16.5 Å². The van der Waals surface area contributed by atoms with E-state index in [4.69, 9.17) is 12.2 Å². The Morgan fingerprint density at radius 2 is 2.18 bits per heavy atom. The average Bonchev–Trinajstić information content (AvgIpc) is 3.26. The molecule has 9 heteroatoms. The first-order valence-electron chi connectivity index (χ1n) is 8.50.